The van der Waals surface area contributed by atoms with E-state index in [1.54, 1.807) is 0 Å². The summed E-state index contributed by atoms with van der Waals surface area (Å²) in [7, 11) is 0. The molecule has 0 N–H and O–H groups in total. The first kappa shape index (κ1) is 24.4. The zero-order valence-electron chi connectivity index (χ0n) is 11.2. The molecular formula is C12H14I2N4S2Sn-4. The van der Waals surface area contributed by atoms with Gasteiger partial charge in [-0.1, -0.05) is 55.9 Å². The number of rotatable bonds is 1. The fourth-order valence-electron chi connectivity index (χ4n) is 1.68. The first-order valence-corrected chi connectivity index (χ1v) is 23.4. The second kappa shape index (κ2) is 21.1. The Labute approximate surface area is 167 Å². The zero-order valence-corrected chi connectivity index (χ0v) is 20.0. The first-order chi connectivity index (χ1) is 10.2. The number of thiocarbonyl (C=S) groups is 2. The second-order valence-electron chi connectivity index (χ2n) is 3.53. The third-order valence-electron chi connectivity index (χ3n) is 2.36. The van der Waals surface area contributed by atoms with Crippen LogP contribution < -0.4 is 0 Å². The Morgan fingerprint density at radius 1 is 1.24 bits per heavy atom. The van der Waals surface area contributed by atoms with Gasteiger partial charge in [0.1, 0.15) is 0 Å². The molecule has 2 aliphatic heterocycles. The van der Waals surface area contributed by atoms with Crippen LogP contribution in [-0.2, 0) is 0 Å². The Morgan fingerprint density at radius 2 is 1.81 bits per heavy atom. The van der Waals surface area contributed by atoms with E-state index in [1.807, 2.05) is 0 Å². The van der Waals surface area contributed by atoms with Crippen LogP contribution in [-0.4, -0.2) is 42.7 Å². The number of hydrogen-bond donors (Lipinski definition) is 0. The minimum absolute atomic E-state index is 0.170. The summed E-state index contributed by atoms with van der Waals surface area (Å²) in [6, 6.07) is 0.406. The number of nitrogens with zero attached hydrogens (tertiary/aromatic N) is 4. The molecule has 0 bridgehead atoms. The van der Waals surface area contributed by atoms with Crippen LogP contribution in [0, 0.1) is 0 Å². The molecule has 1 saturated heterocycles. The van der Waals surface area contributed by atoms with E-state index < -0.39 is 0 Å². The first-order valence-electron chi connectivity index (χ1n) is 5.91. The van der Waals surface area contributed by atoms with Crippen molar-refractivity contribution in [3.8, 4) is 0 Å². The van der Waals surface area contributed by atoms with Gasteiger partial charge in [0.15, 0.2) is 0 Å². The monoisotopic (exact) mass is 652 g/mol. The average molecular weight is 651 g/mol. The molecule has 0 spiro atoms. The minimum Gasteiger partial charge on any atom is -0.753 e. The molecule has 0 aliphatic carbocycles. The van der Waals surface area contributed by atoms with Gasteiger partial charge in [0, 0.05) is 0 Å². The molecule has 0 aromatic rings. The molecule has 1 fully saturated rings. The van der Waals surface area contributed by atoms with Crippen LogP contribution in [0.2, 0.25) is 0 Å². The van der Waals surface area contributed by atoms with Crippen LogP contribution in [0.5, 0.6) is 0 Å². The summed E-state index contributed by atoms with van der Waals surface area (Å²) in [6.45, 7) is 1.87. The van der Waals surface area contributed by atoms with Crippen LogP contribution in [0.4, 0.5) is 0 Å². The predicted octanol–water partition coefficient (Wildman–Crippen LogP) is 5.45. The maximum Gasteiger partial charge on any atom is -0.0548 e. The topological polar surface area (TPSA) is 72.8 Å². The van der Waals surface area contributed by atoms with Gasteiger partial charge in [-0.2, -0.15) is 16.0 Å². The van der Waals surface area contributed by atoms with E-state index in [0.717, 1.165) is 13.1 Å². The quantitative estimate of drug-likeness (QED) is 0.164. The maximum absolute atomic E-state index is 7.13. The minimum atomic E-state index is 0.170. The van der Waals surface area contributed by atoms with E-state index in [-0.39, 0.29) is 13.2 Å². The van der Waals surface area contributed by atoms with Crippen molar-refractivity contribution in [2.75, 3.05) is 13.1 Å². The van der Waals surface area contributed by atoms with Crippen LogP contribution in [0.1, 0.15) is 19.3 Å². The van der Waals surface area contributed by atoms with Crippen molar-refractivity contribution in [1.82, 2.24) is 0 Å². The fraction of sp³-hybridized carbons (Fsp3) is 0.500. The van der Waals surface area contributed by atoms with E-state index in [9.17, 15) is 0 Å². The summed E-state index contributed by atoms with van der Waals surface area (Å²) in [5, 5.41) is 25.9. The third-order valence-corrected chi connectivity index (χ3v) is 2.36. The SMILES string of the molecule is C1=CC[N-]C(C2CCCC[N-]2)=C1.[I][Sn][I].[N-]=C=S.[N-]=C=S. The van der Waals surface area contributed by atoms with Crippen molar-refractivity contribution in [1.29, 1.82) is 0 Å². The molecule has 116 valence electrons. The molecule has 0 aromatic heterocycles. The van der Waals surface area contributed by atoms with E-state index >= 15 is 0 Å². The molecule has 1 atom stereocenters. The Balaban J connectivity index is 0. The largest absolute Gasteiger partial charge is 0.753 e. The molecule has 2 rings (SSSR count). The molecule has 21 heavy (non-hydrogen) atoms. The molecule has 2 radical (unpaired) electrons. The molecule has 0 aromatic carbocycles. The number of hydrogen-bond acceptors (Lipinski definition) is 2. The van der Waals surface area contributed by atoms with E-state index in [1.165, 1.54) is 35.3 Å². The second-order valence-corrected chi connectivity index (χ2v) is 25.4. The van der Waals surface area contributed by atoms with Crippen molar-refractivity contribution in [3.63, 3.8) is 0 Å². The van der Waals surface area contributed by atoms with Gasteiger partial charge >= 0.3 is 50.5 Å². The van der Waals surface area contributed by atoms with E-state index in [0.29, 0.717) is 6.04 Å². The molecule has 9 heteroatoms. The van der Waals surface area contributed by atoms with Crippen LogP contribution in [0.3, 0.4) is 0 Å². The molecular weight excluding hydrogens is 637 g/mol. The van der Waals surface area contributed by atoms with Crippen molar-refractivity contribution in [2.45, 2.75) is 25.3 Å². The Bertz CT molecular complexity index is 361. The summed E-state index contributed by atoms with van der Waals surface area (Å²) in [5.74, 6) is 0. The van der Waals surface area contributed by atoms with Crippen molar-refractivity contribution in [3.05, 3.63) is 45.4 Å². The molecule has 2 aliphatic rings. The van der Waals surface area contributed by atoms with Gasteiger partial charge in [0.05, 0.1) is 0 Å². The normalized spacial score (nSPS) is 18.4. The van der Waals surface area contributed by atoms with Gasteiger partial charge in [-0.25, -0.2) is 0 Å². The van der Waals surface area contributed by atoms with Crippen molar-refractivity contribution >= 4 is 85.2 Å². The summed E-state index contributed by atoms with van der Waals surface area (Å²) < 4.78 is 0. The van der Waals surface area contributed by atoms with Crippen LogP contribution >= 0.6 is 61.7 Å². The Kier molecular flexibility index (Phi) is 24.5. The van der Waals surface area contributed by atoms with Crippen molar-refractivity contribution in [2.24, 2.45) is 0 Å². The number of allylic oxidation sites excluding steroid dienone is 2. The Hall–Kier alpha value is 1.10. The fourth-order valence-corrected chi connectivity index (χ4v) is 1.68. The molecule has 0 amide bonds. The molecule has 0 saturated carbocycles. The summed E-state index contributed by atoms with van der Waals surface area (Å²) in [4.78, 5) is 0. The molecule has 4 nitrogen and oxygen atoms in total. The summed E-state index contributed by atoms with van der Waals surface area (Å²) in [5.41, 5.74) is 1.19. The van der Waals surface area contributed by atoms with E-state index in [2.05, 4.69) is 90.6 Å². The van der Waals surface area contributed by atoms with Gasteiger partial charge < -0.3 is 21.5 Å². The van der Waals surface area contributed by atoms with Gasteiger partial charge in [-0.05, 0) is 0 Å². The van der Waals surface area contributed by atoms with Gasteiger partial charge in [-0.15, -0.1) is 25.2 Å². The maximum atomic E-state index is 7.13. The van der Waals surface area contributed by atoms with Gasteiger partial charge in [0.2, 0.25) is 0 Å². The standard InChI is InChI=1S/C10H14N2.2CNS.2HI.Sn/c1-3-7-11-9(5-1)10-6-2-4-8-12-10;2*2-1-3;;;/h1,3,5,10H,2,4,6-8H2;;;2*1H;/q-2;2*-1;;;+2/p-2. The summed E-state index contributed by atoms with van der Waals surface area (Å²) in [6.07, 6.45) is 10.0. The van der Waals surface area contributed by atoms with Gasteiger partial charge in [-0.3, -0.25) is 0 Å². The number of isothiocyanates is 2. The van der Waals surface area contributed by atoms with Gasteiger partial charge in [0.25, 0.3) is 0 Å². The smallest absolute Gasteiger partial charge is 0.0548 e. The number of piperidine rings is 1. The molecule has 1 unspecified atom stereocenters. The number of halogens is 2. The Morgan fingerprint density at radius 3 is 2.19 bits per heavy atom. The third kappa shape index (κ3) is 17.3. The molecule has 2 heterocycles. The van der Waals surface area contributed by atoms with Crippen LogP contribution in [0.15, 0.2) is 23.9 Å². The zero-order chi connectivity index (χ0) is 16.3. The average Bonchev–Trinajstić information content (AvgIpc) is 2.51. The van der Waals surface area contributed by atoms with Crippen molar-refractivity contribution < 1.29 is 0 Å². The van der Waals surface area contributed by atoms with Crippen LogP contribution in [0.25, 0.3) is 21.5 Å². The summed E-state index contributed by atoms with van der Waals surface area (Å²) >= 11 is 12.5. The van der Waals surface area contributed by atoms with E-state index in [4.69, 9.17) is 10.8 Å². The predicted molar refractivity (Wildman–Crippen MR) is 117 cm³/mol.